The summed E-state index contributed by atoms with van der Waals surface area (Å²) in [6.45, 7) is 6.82. The Morgan fingerprint density at radius 2 is 1.91 bits per heavy atom. The fourth-order valence-corrected chi connectivity index (χ4v) is 2.51. The van der Waals surface area contributed by atoms with Gasteiger partial charge in [-0.05, 0) is 36.3 Å². The third kappa shape index (κ3) is 3.03. The van der Waals surface area contributed by atoms with E-state index in [0.29, 0.717) is 13.1 Å². The van der Waals surface area contributed by atoms with Crippen LogP contribution in [0.5, 0.6) is 5.75 Å². The monoisotopic (exact) mass is 293 g/mol. The fraction of sp³-hybridized carbons (Fsp3) is 0.211. The van der Waals surface area contributed by atoms with Gasteiger partial charge in [-0.25, -0.2) is 0 Å². The molecule has 3 heteroatoms. The lowest BCUT2D eigenvalue weighted by Gasteiger charge is -2.38. The van der Waals surface area contributed by atoms with Crippen LogP contribution in [-0.2, 0) is 4.79 Å². The molecule has 112 valence electrons. The first-order chi connectivity index (χ1) is 10.7. The zero-order valence-electron chi connectivity index (χ0n) is 12.7. The van der Waals surface area contributed by atoms with Gasteiger partial charge in [0, 0.05) is 0 Å². The third-order valence-electron chi connectivity index (χ3n) is 3.86. The van der Waals surface area contributed by atoms with Crippen molar-refractivity contribution in [2.75, 3.05) is 13.1 Å². The lowest BCUT2D eigenvalue weighted by atomic mass is 10.0. The van der Waals surface area contributed by atoms with Crippen LogP contribution >= 0.6 is 0 Å². The van der Waals surface area contributed by atoms with Gasteiger partial charge in [-0.3, -0.25) is 4.79 Å². The summed E-state index contributed by atoms with van der Waals surface area (Å²) in [6.07, 6.45) is 1.41. The minimum atomic E-state index is -0.0340. The molecule has 0 N–H and O–H groups in total. The SMILES string of the molecule is C=CC(=O)N1CC(Oc2cccc(-c3ccc(C)cc3)c2)C1. The van der Waals surface area contributed by atoms with Gasteiger partial charge in [-0.1, -0.05) is 48.5 Å². The van der Waals surface area contributed by atoms with E-state index >= 15 is 0 Å². The molecule has 22 heavy (non-hydrogen) atoms. The molecule has 0 radical (unpaired) electrons. The van der Waals surface area contributed by atoms with Gasteiger partial charge in [0.05, 0.1) is 13.1 Å². The van der Waals surface area contributed by atoms with Crippen LogP contribution in [-0.4, -0.2) is 30.0 Å². The topological polar surface area (TPSA) is 29.5 Å². The molecule has 0 saturated carbocycles. The Hall–Kier alpha value is -2.55. The highest BCUT2D eigenvalue weighted by molar-refractivity contribution is 5.87. The second-order valence-electron chi connectivity index (χ2n) is 5.58. The molecule has 3 rings (SSSR count). The van der Waals surface area contributed by atoms with Gasteiger partial charge >= 0.3 is 0 Å². The third-order valence-corrected chi connectivity index (χ3v) is 3.86. The quantitative estimate of drug-likeness (QED) is 0.808. The van der Waals surface area contributed by atoms with Crippen LogP contribution in [0.25, 0.3) is 11.1 Å². The molecule has 0 atom stereocenters. The van der Waals surface area contributed by atoms with E-state index in [-0.39, 0.29) is 12.0 Å². The molecule has 1 saturated heterocycles. The molecule has 0 spiro atoms. The van der Waals surface area contributed by atoms with Gasteiger partial charge < -0.3 is 9.64 Å². The molecule has 0 unspecified atom stereocenters. The average Bonchev–Trinajstić information content (AvgIpc) is 2.51. The number of likely N-dealkylation sites (tertiary alicyclic amines) is 1. The molecule has 0 bridgehead atoms. The Balaban J connectivity index is 1.66. The normalized spacial score (nSPS) is 14.3. The Morgan fingerprint density at radius 1 is 1.18 bits per heavy atom. The van der Waals surface area contributed by atoms with Crippen LogP contribution in [0.4, 0.5) is 0 Å². The van der Waals surface area contributed by atoms with Crippen molar-refractivity contribution in [1.29, 1.82) is 0 Å². The van der Waals surface area contributed by atoms with Crippen LogP contribution in [0.15, 0.2) is 61.2 Å². The van der Waals surface area contributed by atoms with Gasteiger partial charge in [-0.2, -0.15) is 0 Å². The summed E-state index contributed by atoms with van der Waals surface area (Å²) < 4.78 is 5.93. The summed E-state index contributed by atoms with van der Waals surface area (Å²) in [6, 6.07) is 16.5. The number of carbonyl (C=O) groups is 1. The lowest BCUT2D eigenvalue weighted by molar-refractivity contribution is -0.134. The lowest BCUT2D eigenvalue weighted by Crippen LogP contribution is -2.55. The van der Waals surface area contributed by atoms with Crippen molar-refractivity contribution >= 4 is 5.91 Å². The minimum absolute atomic E-state index is 0.0340. The smallest absolute Gasteiger partial charge is 0.246 e. The Labute approximate surface area is 130 Å². The zero-order valence-corrected chi connectivity index (χ0v) is 12.7. The summed E-state index contributed by atoms with van der Waals surface area (Å²) in [5.41, 5.74) is 3.56. The maximum Gasteiger partial charge on any atom is 0.246 e. The molecule has 1 amide bonds. The number of carbonyl (C=O) groups excluding carboxylic acids is 1. The molecule has 1 heterocycles. The first-order valence-corrected chi connectivity index (χ1v) is 7.41. The molecule has 2 aromatic carbocycles. The number of hydrogen-bond acceptors (Lipinski definition) is 2. The van der Waals surface area contributed by atoms with Crippen molar-refractivity contribution in [2.45, 2.75) is 13.0 Å². The van der Waals surface area contributed by atoms with Crippen molar-refractivity contribution in [3.63, 3.8) is 0 Å². The molecular weight excluding hydrogens is 274 g/mol. The second-order valence-corrected chi connectivity index (χ2v) is 5.58. The fourth-order valence-electron chi connectivity index (χ4n) is 2.51. The van der Waals surface area contributed by atoms with Gasteiger partial charge in [0.25, 0.3) is 0 Å². The van der Waals surface area contributed by atoms with Crippen molar-refractivity contribution in [1.82, 2.24) is 4.90 Å². The van der Waals surface area contributed by atoms with E-state index in [2.05, 4.69) is 43.8 Å². The van der Waals surface area contributed by atoms with Crippen molar-refractivity contribution in [2.24, 2.45) is 0 Å². The highest BCUT2D eigenvalue weighted by Crippen LogP contribution is 2.26. The molecule has 0 aromatic heterocycles. The van der Waals surface area contributed by atoms with E-state index in [1.807, 2.05) is 18.2 Å². The molecule has 1 aliphatic heterocycles. The van der Waals surface area contributed by atoms with Gasteiger partial charge in [-0.15, -0.1) is 0 Å². The number of nitrogens with zero attached hydrogens (tertiary/aromatic N) is 1. The van der Waals surface area contributed by atoms with Crippen LogP contribution in [0.1, 0.15) is 5.56 Å². The van der Waals surface area contributed by atoms with E-state index < -0.39 is 0 Å². The number of amides is 1. The standard InChI is InChI=1S/C19H19NO2/c1-3-19(21)20-12-18(13-20)22-17-6-4-5-16(11-17)15-9-7-14(2)8-10-15/h3-11,18H,1,12-13H2,2H3. The first-order valence-electron chi connectivity index (χ1n) is 7.41. The predicted molar refractivity (Wildman–Crippen MR) is 87.8 cm³/mol. The van der Waals surface area contributed by atoms with Crippen LogP contribution in [0.2, 0.25) is 0 Å². The van der Waals surface area contributed by atoms with Crippen molar-refractivity contribution in [3.05, 3.63) is 66.7 Å². The van der Waals surface area contributed by atoms with E-state index in [1.54, 1.807) is 4.90 Å². The number of benzene rings is 2. The Kier molecular flexibility index (Phi) is 3.96. The van der Waals surface area contributed by atoms with Crippen molar-refractivity contribution in [3.8, 4) is 16.9 Å². The van der Waals surface area contributed by atoms with Crippen LogP contribution < -0.4 is 4.74 Å². The van der Waals surface area contributed by atoms with Crippen LogP contribution in [0.3, 0.4) is 0 Å². The summed E-state index contributed by atoms with van der Waals surface area (Å²) in [5.74, 6) is 0.807. The molecule has 1 fully saturated rings. The van der Waals surface area contributed by atoms with E-state index in [0.717, 1.165) is 11.3 Å². The molecule has 0 aliphatic carbocycles. The highest BCUT2D eigenvalue weighted by atomic mass is 16.5. The summed E-state index contributed by atoms with van der Waals surface area (Å²) in [5, 5.41) is 0. The number of hydrogen-bond donors (Lipinski definition) is 0. The van der Waals surface area contributed by atoms with Crippen molar-refractivity contribution < 1.29 is 9.53 Å². The molecule has 2 aromatic rings. The largest absolute Gasteiger partial charge is 0.487 e. The molecular formula is C19H19NO2. The Morgan fingerprint density at radius 3 is 2.59 bits per heavy atom. The van der Waals surface area contributed by atoms with Crippen LogP contribution in [0, 0.1) is 6.92 Å². The maximum atomic E-state index is 11.4. The van der Waals surface area contributed by atoms with Gasteiger partial charge in [0.1, 0.15) is 11.9 Å². The molecule has 1 aliphatic rings. The summed E-state index contributed by atoms with van der Waals surface area (Å²) >= 11 is 0. The van der Waals surface area contributed by atoms with E-state index in [1.165, 1.54) is 17.2 Å². The highest BCUT2D eigenvalue weighted by Gasteiger charge is 2.30. The number of ether oxygens (including phenoxy) is 1. The van der Waals surface area contributed by atoms with E-state index in [4.69, 9.17) is 4.74 Å². The Bertz CT molecular complexity index is 685. The zero-order chi connectivity index (χ0) is 15.5. The summed E-state index contributed by atoms with van der Waals surface area (Å²) in [4.78, 5) is 13.1. The average molecular weight is 293 g/mol. The second kappa shape index (κ2) is 6.06. The molecule has 3 nitrogen and oxygen atoms in total. The van der Waals surface area contributed by atoms with E-state index in [9.17, 15) is 4.79 Å². The number of rotatable bonds is 4. The first kappa shape index (κ1) is 14.4. The predicted octanol–water partition coefficient (Wildman–Crippen LogP) is 3.44. The summed E-state index contributed by atoms with van der Waals surface area (Å²) in [7, 11) is 0. The number of aryl methyl sites for hydroxylation is 1. The van der Waals surface area contributed by atoms with Gasteiger partial charge in [0.15, 0.2) is 0 Å². The minimum Gasteiger partial charge on any atom is -0.487 e. The van der Waals surface area contributed by atoms with Gasteiger partial charge in [0.2, 0.25) is 5.91 Å². The maximum absolute atomic E-state index is 11.4.